The van der Waals surface area contributed by atoms with Crippen LogP contribution in [-0.2, 0) is 4.79 Å². The zero-order valence-corrected chi connectivity index (χ0v) is 17.9. The second-order valence-electron chi connectivity index (χ2n) is 5.66. The van der Waals surface area contributed by atoms with Crippen LogP contribution in [0.2, 0.25) is 0 Å². The molecule has 1 aliphatic rings. The van der Waals surface area contributed by atoms with Crippen LogP contribution in [0.25, 0.3) is 6.08 Å². The summed E-state index contributed by atoms with van der Waals surface area (Å²) in [6, 6.07) is 10.5. The van der Waals surface area contributed by atoms with Crippen LogP contribution in [0.5, 0.6) is 17.2 Å². The molecule has 2 aromatic carbocycles. The van der Waals surface area contributed by atoms with Crippen LogP contribution >= 0.6 is 27.7 Å². The van der Waals surface area contributed by atoms with Crippen molar-refractivity contribution in [1.82, 2.24) is 0 Å². The van der Waals surface area contributed by atoms with E-state index in [0.717, 1.165) is 16.7 Å². The molecule has 3 rings (SSSR count). The lowest BCUT2D eigenvalue weighted by molar-refractivity contribution is -0.113. The molecule has 146 valence electrons. The molecule has 0 spiro atoms. The lowest BCUT2D eigenvalue weighted by atomic mass is 10.1. The van der Waals surface area contributed by atoms with Gasteiger partial charge in [0.25, 0.3) is 11.1 Å². The van der Waals surface area contributed by atoms with E-state index in [9.17, 15) is 9.59 Å². The molecule has 0 aromatic heterocycles. The molecule has 2 aromatic rings. The number of benzene rings is 2. The number of methoxy groups -OCH3 is 2. The van der Waals surface area contributed by atoms with Crippen LogP contribution in [0.3, 0.4) is 0 Å². The van der Waals surface area contributed by atoms with Gasteiger partial charge < -0.3 is 14.2 Å². The van der Waals surface area contributed by atoms with E-state index >= 15 is 0 Å². The first-order valence-electron chi connectivity index (χ1n) is 8.41. The highest BCUT2D eigenvalue weighted by molar-refractivity contribution is 9.10. The first-order chi connectivity index (χ1) is 13.5. The zero-order chi connectivity index (χ0) is 20.3. The van der Waals surface area contributed by atoms with Crippen molar-refractivity contribution in [3.63, 3.8) is 0 Å². The Morgan fingerprint density at radius 3 is 2.50 bits per heavy atom. The third-order valence-electron chi connectivity index (χ3n) is 3.96. The van der Waals surface area contributed by atoms with Crippen molar-refractivity contribution in [2.45, 2.75) is 6.92 Å². The van der Waals surface area contributed by atoms with Crippen molar-refractivity contribution in [3.8, 4) is 17.2 Å². The van der Waals surface area contributed by atoms with Crippen LogP contribution in [0.4, 0.5) is 10.5 Å². The van der Waals surface area contributed by atoms with Crippen molar-refractivity contribution < 1.29 is 23.8 Å². The Hall–Kier alpha value is -2.45. The molecule has 0 atom stereocenters. The lowest BCUT2D eigenvalue weighted by Crippen LogP contribution is -2.28. The number of ether oxygens (including phenoxy) is 3. The predicted molar refractivity (Wildman–Crippen MR) is 113 cm³/mol. The number of anilines is 1. The van der Waals surface area contributed by atoms with Gasteiger partial charge in [-0.25, -0.2) is 4.90 Å². The third-order valence-corrected chi connectivity index (χ3v) is 5.42. The van der Waals surface area contributed by atoms with Crippen LogP contribution in [0, 0.1) is 0 Å². The Kier molecular flexibility index (Phi) is 6.31. The predicted octanol–water partition coefficient (Wildman–Crippen LogP) is 5.11. The standard InChI is InChI=1S/C20H18BrNO5S/c1-4-27-18-13(21)9-12(10-16(18)26-3)11-17-19(23)22(20(24)28-17)14-7-5-6-8-15(14)25-2/h5-11H,4H2,1-3H3/b17-11-. The normalized spacial score (nSPS) is 15.3. The monoisotopic (exact) mass is 463 g/mol. The van der Waals surface area contributed by atoms with Gasteiger partial charge in [-0.2, -0.15) is 0 Å². The van der Waals surface area contributed by atoms with Crippen LogP contribution < -0.4 is 19.1 Å². The zero-order valence-electron chi connectivity index (χ0n) is 15.5. The molecule has 0 saturated carbocycles. The maximum absolute atomic E-state index is 12.9. The van der Waals surface area contributed by atoms with Crippen molar-refractivity contribution in [2.75, 3.05) is 25.7 Å². The summed E-state index contributed by atoms with van der Waals surface area (Å²) in [5.74, 6) is 1.18. The Balaban J connectivity index is 1.97. The quantitative estimate of drug-likeness (QED) is 0.554. The summed E-state index contributed by atoms with van der Waals surface area (Å²) in [5, 5.41) is -0.377. The first kappa shape index (κ1) is 20.3. The minimum Gasteiger partial charge on any atom is -0.495 e. The lowest BCUT2D eigenvalue weighted by Gasteiger charge is -2.15. The van der Waals surface area contributed by atoms with Gasteiger partial charge in [-0.3, -0.25) is 9.59 Å². The van der Waals surface area contributed by atoms with Gasteiger partial charge in [-0.15, -0.1) is 0 Å². The van der Waals surface area contributed by atoms with Crippen molar-refractivity contribution in [1.29, 1.82) is 0 Å². The molecule has 0 unspecified atom stereocenters. The van der Waals surface area contributed by atoms with Crippen LogP contribution in [0.1, 0.15) is 12.5 Å². The number of imide groups is 1. The molecule has 0 bridgehead atoms. The van der Waals surface area contributed by atoms with Crippen molar-refractivity contribution in [2.24, 2.45) is 0 Å². The summed E-state index contributed by atoms with van der Waals surface area (Å²) >= 11 is 4.34. The minimum absolute atomic E-state index is 0.314. The molecule has 0 radical (unpaired) electrons. The number of hydrogen-bond acceptors (Lipinski definition) is 6. The molecule has 0 aliphatic carbocycles. The molecule has 1 fully saturated rings. The second kappa shape index (κ2) is 8.70. The molecule has 1 saturated heterocycles. The number of rotatable bonds is 6. The molecule has 8 heteroatoms. The molecule has 1 aliphatic heterocycles. The molecule has 0 N–H and O–H groups in total. The molecule has 2 amide bonds. The van der Waals surface area contributed by atoms with Gasteiger partial charge in [0.15, 0.2) is 11.5 Å². The van der Waals surface area contributed by atoms with Crippen molar-refractivity contribution in [3.05, 3.63) is 51.3 Å². The minimum atomic E-state index is -0.400. The Morgan fingerprint density at radius 2 is 1.82 bits per heavy atom. The number of thioether (sulfide) groups is 1. The largest absolute Gasteiger partial charge is 0.495 e. The molecule has 1 heterocycles. The molecule has 28 heavy (non-hydrogen) atoms. The number of halogens is 1. The van der Waals surface area contributed by atoms with Crippen LogP contribution in [-0.4, -0.2) is 32.0 Å². The third kappa shape index (κ3) is 3.88. The van der Waals surface area contributed by atoms with Gasteiger partial charge >= 0.3 is 0 Å². The summed E-state index contributed by atoms with van der Waals surface area (Å²) in [6.45, 7) is 2.37. The first-order valence-corrected chi connectivity index (χ1v) is 10.0. The molecular weight excluding hydrogens is 446 g/mol. The van der Waals surface area contributed by atoms with Gasteiger partial charge in [0, 0.05) is 0 Å². The maximum Gasteiger partial charge on any atom is 0.298 e. The molecule has 6 nitrogen and oxygen atoms in total. The second-order valence-corrected chi connectivity index (χ2v) is 7.50. The number of amides is 2. The summed E-state index contributed by atoms with van der Waals surface area (Å²) in [4.78, 5) is 26.8. The van der Waals surface area contributed by atoms with Gasteiger partial charge in [-0.1, -0.05) is 12.1 Å². The van der Waals surface area contributed by atoms with Gasteiger partial charge in [-0.05, 0) is 70.5 Å². The van der Waals surface area contributed by atoms with E-state index in [1.807, 2.05) is 13.0 Å². The Morgan fingerprint density at radius 1 is 1.11 bits per heavy atom. The van der Waals surface area contributed by atoms with Gasteiger partial charge in [0.2, 0.25) is 0 Å². The number of carbonyl (C=O) groups is 2. The average molecular weight is 464 g/mol. The maximum atomic E-state index is 12.9. The fourth-order valence-corrected chi connectivity index (χ4v) is 4.16. The summed E-state index contributed by atoms with van der Waals surface area (Å²) < 4.78 is 16.9. The SMILES string of the molecule is CCOc1c(Br)cc(/C=C2\SC(=O)N(c3ccccc3OC)C2=O)cc1OC. The fraction of sp³-hybridized carbons (Fsp3) is 0.200. The number of hydrogen-bond donors (Lipinski definition) is 0. The summed E-state index contributed by atoms with van der Waals surface area (Å²) in [5.41, 5.74) is 1.12. The Labute approximate surface area is 175 Å². The van der Waals surface area contributed by atoms with E-state index < -0.39 is 5.91 Å². The van der Waals surface area contributed by atoms with Crippen LogP contribution in [0.15, 0.2) is 45.8 Å². The summed E-state index contributed by atoms with van der Waals surface area (Å²) in [7, 11) is 3.04. The average Bonchev–Trinajstić information content (AvgIpc) is 2.96. The van der Waals surface area contributed by atoms with Gasteiger partial charge in [0.1, 0.15) is 5.75 Å². The smallest absolute Gasteiger partial charge is 0.298 e. The highest BCUT2D eigenvalue weighted by Crippen LogP contribution is 2.41. The van der Waals surface area contributed by atoms with E-state index in [-0.39, 0.29) is 5.24 Å². The van der Waals surface area contributed by atoms with E-state index in [4.69, 9.17) is 14.2 Å². The van der Waals surface area contributed by atoms with Crippen molar-refractivity contribution >= 4 is 50.6 Å². The van der Waals surface area contributed by atoms with Gasteiger partial charge in [0.05, 0.1) is 35.9 Å². The number of para-hydroxylation sites is 2. The van der Waals surface area contributed by atoms with E-state index in [1.54, 1.807) is 43.5 Å². The van der Waals surface area contributed by atoms with E-state index in [1.165, 1.54) is 7.11 Å². The topological polar surface area (TPSA) is 65.1 Å². The van der Waals surface area contributed by atoms with E-state index in [0.29, 0.717) is 44.5 Å². The Bertz CT molecular complexity index is 960. The highest BCUT2D eigenvalue weighted by Gasteiger charge is 2.37. The molecular formula is C20H18BrNO5S. The highest BCUT2D eigenvalue weighted by atomic mass is 79.9. The number of carbonyl (C=O) groups excluding carboxylic acids is 2. The number of nitrogens with zero attached hydrogens (tertiary/aromatic N) is 1. The summed E-state index contributed by atoms with van der Waals surface area (Å²) in [6.07, 6.45) is 1.66. The van der Waals surface area contributed by atoms with E-state index in [2.05, 4.69) is 15.9 Å². The fourth-order valence-electron chi connectivity index (χ4n) is 2.75.